The van der Waals surface area contributed by atoms with Crippen molar-refractivity contribution in [1.29, 1.82) is 0 Å². The molecule has 84 valence electrons. The SMILES string of the molecule is CNC(C)(C)C(=O)c1c(OC)cnn1C. The van der Waals surface area contributed by atoms with E-state index < -0.39 is 5.54 Å². The quantitative estimate of drug-likeness (QED) is 0.741. The van der Waals surface area contributed by atoms with Gasteiger partial charge in [-0.1, -0.05) is 0 Å². The van der Waals surface area contributed by atoms with Gasteiger partial charge in [0.05, 0.1) is 18.8 Å². The lowest BCUT2D eigenvalue weighted by Crippen LogP contribution is -2.45. The smallest absolute Gasteiger partial charge is 0.204 e. The fourth-order valence-corrected chi connectivity index (χ4v) is 1.24. The molecule has 0 fully saturated rings. The van der Waals surface area contributed by atoms with Crippen molar-refractivity contribution in [1.82, 2.24) is 15.1 Å². The minimum Gasteiger partial charge on any atom is -0.493 e. The topological polar surface area (TPSA) is 56.1 Å². The van der Waals surface area contributed by atoms with Gasteiger partial charge in [-0.3, -0.25) is 9.48 Å². The number of ether oxygens (including phenoxy) is 1. The zero-order valence-corrected chi connectivity index (χ0v) is 9.79. The zero-order valence-electron chi connectivity index (χ0n) is 9.79. The molecule has 5 heteroatoms. The van der Waals surface area contributed by atoms with E-state index in [4.69, 9.17) is 4.74 Å². The van der Waals surface area contributed by atoms with Gasteiger partial charge in [0.2, 0.25) is 5.78 Å². The molecule has 0 amide bonds. The number of nitrogens with one attached hydrogen (secondary N) is 1. The van der Waals surface area contributed by atoms with Gasteiger partial charge in [0.1, 0.15) is 5.69 Å². The minimum absolute atomic E-state index is 0.0400. The summed E-state index contributed by atoms with van der Waals surface area (Å²) in [5, 5.41) is 6.96. The van der Waals surface area contributed by atoms with E-state index in [0.717, 1.165) is 0 Å². The number of methoxy groups -OCH3 is 1. The second-order valence-electron chi connectivity index (χ2n) is 3.89. The number of Topliss-reactive ketones (excluding diaryl/α,β-unsaturated/α-hetero) is 1. The molecular formula is C10H17N3O2. The molecule has 0 aromatic carbocycles. The average molecular weight is 211 g/mol. The first-order valence-electron chi connectivity index (χ1n) is 4.73. The Labute approximate surface area is 89.4 Å². The summed E-state index contributed by atoms with van der Waals surface area (Å²) in [4.78, 5) is 12.2. The fourth-order valence-electron chi connectivity index (χ4n) is 1.24. The maximum atomic E-state index is 12.2. The van der Waals surface area contributed by atoms with Gasteiger partial charge in [-0.2, -0.15) is 5.10 Å². The lowest BCUT2D eigenvalue weighted by molar-refractivity contribution is 0.0876. The molecule has 1 N–H and O–H groups in total. The van der Waals surface area contributed by atoms with Gasteiger partial charge in [-0.15, -0.1) is 0 Å². The average Bonchev–Trinajstić information content (AvgIpc) is 2.58. The summed E-state index contributed by atoms with van der Waals surface area (Å²) in [6.07, 6.45) is 1.54. The molecule has 0 bridgehead atoms. The van der Waals surface area contributed by atoms with Gasteiger partial charge < -0.3 is 10.1 Å². The van der Waals surface area contributed by atoms with E-state index in [1.807, 2.05) is 13.8 Å². The molecule has 0 saturated heterocycles. The highest BCUT2D eigenvalue weighted by molar-refractivity contribution is 6.03. The van der Waals surface area contributed by atoms with Crippen LogP contribution in [0.15, 0.2) is 6.20 Å². The molecule has 0 atom stereocenters. The third-order valence-electron chi connectivity index (χ3n) is 2.53. The molecule has 1 rings (SSSR count). The van der Waals surface area contributed by atoms with E-state index in [1.165, 1.54) is 11.8 Å². The van der Waals surface area contributed by atoms with Crippen molar-refractivity contribution >= 4 is 5.78 Å². The van der Waals surface area contributed by atoms with E-state index in [1.54, 1.807) is 20.3 Å². The van der Waals surface area contributed by atoms with Crippen molar-refractivity contribution in [3.8, 4) is 5.75 Å². The van der Waals surface area contributed by atoms with Crippen molar-refractivity contribution in [2.24, 2.45) is 7.05 Å². The summed E-state index contributed by atoms with van der Waals surface area (Å²) in [6, 6.07) is 0. The number of carbonyl (C=O) groups excluding carboxylic acids is 1. The van der Waals surface area contributed by atoms with Crippen LogP contribution in [0.5, 0.6) is 5.75 Å². The highest BCUT2D eigenvalue weighted by Gasteiger charge is 2.31. The van der Waals surface area contributed by atoms with Crippen LogP contribution >= 0.6 is 0 Å². The minimum atomic E-state index is -0.624. The van der Waals surface area contributed by atoms with Crippen molar-refractivity contribution < 1.29 is 9.53 Å². The van der Waals surface area contributed by atoms with Gasteiger partial charge in [0.25, 0.3) is 0 Å². The van der Waals surface area contributed by atoms with Crippen molar-refractivity contribution in [2.45, 2.75) is 19.4 Å². The van der Waals surface area contributed by atoms with Gasteiger partial charge in [-0.25, -0.2) is 0 Å². The standard InChI is InChI=1S/C10H17N3O2/c1-10(2,11-3)9(14)8-7(15-5)6-12-13(8)4/h6,11H,1-5H3. The van der Waals surface area contributed by atoms with Crippen molar-refractivity contribution in [3.63, 3.8) is 0 Å². The third kappa shape index (κ3) is 2.02. The number of aryl methyl sites for hydroxylation is 1. The van der Waals surface area contributed by atoms with Gasteiger partial charge in [0.15, 0.2) is 5.75 Å². The summed E-state index contributed by atoms with van der Waals surface area (Å²) in [5.41, 5.74) is -0.141. The highest BCUT2D eigenvalue weighted by atomic mass is 16.5. The number of likely N-dealkylation sites (N-methyl/N-ethyl adjacent to an activating group) is 1. The molecule has 0 unspecified atom stereocenters. The Morgan fingerprint density at radius 1 is 1.60 bits per heavy atom. The summed E-state index contributed by atoms with van der Waals surface area (Å²) in [7, 11) is 5.00. The molecule has 1 heterocycles. The van der Waals surface area contributed by atoms with Crippen LogP contribution in [-0.4, -0.2) is 35.3 Å². The number of ketones is 1. The summed E-state index contributed by atoms with van der Waals surface area (Å²) in [5.74, 6) is 0.465. The van der Waals surface area contributed by atoms with Crippen LogP contribution in [0.3, 0.4) is 0 Å². The first-order chi connectivity index (χ1) is 6.94. The van der Waals surface area contributed by atoms with Crippen LogP contribution in [0.2, 0.25) is 0 Å². The van der Waals surface area contributed by atoms with Crippen LogP contribution in [0, 0.1) is 0 Å². The lowest BCUT2D eigenvalue weighted by Gasteiger charge is -2.22. The van der Waals surface area contributed by atoms with E-state index in [9.17, 15) is 4.79 Å². The Bertz CT molecular complexity index is 369. The second-order valence-corrected chi connectivity index (χ2v) is 3.89. The number of hydrogen-bond donors (Lipinski definition) is 1. The fraction of sp³-hybridized carbons (Fsp3) is 0.600. The van der Waals surface area contributed by atoms with Gasteiger partial charge in [-0.05, 0) is 20.9 Å². The maximum absolute atomic E-state index is 12.2. The Morgan fingerprint density at radius 3 is 2.67 bits per heavy atom. The van der Waals surface area contributed by atoms with E-state index >= 15 is 0 Å². The van der Waals surface area contributed by atoms with E-state index in [2.05, 4.69) is 10.4 Å². The number of nitrogens with zero attached hydrogens (tertiary/aromatic N) is 2. The lowest BCUT2D eigenvalue weighted by atomic mass is 9.96. The summed E-state index contributed by atoms with van der Waals surface area (Å²) < 4.78 is 6.62. The molecular weight excluding hydrogens is 194 g/mol. The van der Waals surface area contributed by atoms with Crippen LogP contribution in [0.1, 0.15) is 24.3 Å². The predicted molar refractivity (Wildman–Crippen MR) is 57.2 cm³/mol. The molecule has 0 aliphatic rings. The first-order valence-corrected chi connectivity index (χ1v) is 4.73. The largest absolute Gasteiger partial charge is 0.493 e. The molecule has 5 nitrogen and oxygen atoms in total. The Hall–Kier alpha value is -1.36. The normalized spacial score (nSPS) is 11.5. The third-order valence-corrected chi connectivity index (χ3v) is 2.53. The number of hydrogen-bond acceptors (Lipinski definition) is 4. The molecule has 1 aromatic rings. The van der Waals surface area contributed by atoms with E-state index in [-0.39, 0.29) is 5.78 Å². The number of rotatable bonds is 4. The monoisotopic (exact) mass is 211 g/mol. The summed E-state index contributed by atoms with van der Waals surface area (Å²) >= 11 is 0. The van der Waals surface area contributed by atoms with Crippen LogP contribution in [-0.2, 0) is 7.05 Å². The molecule has 0 aliphatic heterocycles. The second kappa shape index (κ2) is 4.02. The van der Waals surface area contributed by atoms with Crippen molar-refractivity contribution in [3.05, 3.63) is 11.9 Å². The van der Waals surface area contributed by atoms with Crippen LogP contribution in [0.25, 0.3) is 0 Å². The van der Waals surface area contributed by atoms with Crippen LogP contribution < -0.4 is 10.1 Å². The maximum Gasteiger partial charge on any atom is 0.204 e. The molecule has 0 radical (unpaired) electrons. The molecule has 0 saturated carbocycles. The Balaban J connectivity index is 3.16. The predicted octanol–water partition coefficient (Wildman–Crippen LogP) is 0.609. The summed E-state index contributed by atoms with van der Waals surface area (Å²) in [6.45, 7) is 3.64. The van der Waals surface area contributed by atoms with Crippen molar-refractivity contribution in [2.75, 3.05) is 14.2 Å². The highest BCUT2D eigenvalue weighted by Crippen LogP contribution is 2.21. The molecule has 0 spiro atoms. The number of aromatic nitrogens is 2. The zero-order chi connectivity index (χ0) is 11.6. The Morgan fingerprint density at radius 2 is 2.20 bits per heavy atom. The van der Waals surface area contributed by atoms with Gasteiger partial charge in [0, 0.05) is 7.05 Å². The van der Waals surface area contributed by atoms with Gasteiger partial charge >= 0.3 is 0 Å². The van der Waals surface area contributed by atoms with Crippen LogP contribution in [0.4, 0.5) is 0 Å². The van der Waals surface area contributed by atoms with E-state index in [0.29, 0.717) is 11.4 Å². The number of carbonyl (C=O) groups is 1. The Kier molecular flexibility index (Phi) is 3.14. The molecule has 15 heavy (non-hydrogen) atoms. The molecule has 0 aliphatic carbocycles. The molecule has 1 aromatic heterocycles. The first kappa shape index (κ1) is 11.7.